The van der Waals surface area contributed by atoms with E-state index in [0.29, 0.717) is 12.0 Å². The molecule has 0 spiro atoms. The molecule has 3 heteroatoms. The van der Waals surface area contributed by atoms with Gasteiger partial charge in [-0.3, -0.25) is 0 Å². The average Bonchev–Trinajstić information content (AvgIpc) is 2.31. The van der Waals surface area contributed by atoms with Gasteiger partial charge < -0.3 is 15.4 Å². The molecule has 1 heterocycles. The van der Waals surface area contributed by atoms with E-state index in [1.54, 1.807) is 0 Å². The third-order valence-electron chi connectivity index (χ3n) is 4.10. The van der Waals surface area contributed by atoms with Gasteiger partial charge in [0.1, 0.15) is 0 Å². The quantitative estimate of drug-likeness (QED) is 0.743. The lowest BCUT2D eigenvalue weighted by Crippen LogP contribution is -2.45. The van der Waals surface area contributed by atoms with Gasteiger partial charge in [0.15, 0.2) is 0 Å². The molecule has 17 heavy (non-hydrogen) atoms. The molecule has 1 fully saturated rings. The van der Waals surface area contributed by atoms with E-state index in [1.165, 1.54) is 32.2 Å². The first-order valence-electron chi connectivity index (χ1n) is 7.17. The monoisotopic (exact) mass is 242 g/mol. The van der Waals surface area contributed by atoms with E-state index in [9.17, 15) is 0 Å². The summed E-state index contributed by atoms with van der Waals surface area (Å²) < 4.78 is 5.41. The van der Waals surface area contributed by atoms with Gasteiger partial charge in [-0.05, 0) is 38.1 Å². The second-order valence-corrected chi connectivity index (χ2v) is 5.56. The predicted octanol–water partition coefficient (Wildman–Crippen LogP) is 2.11. The van der Waals surface area contributed by atoms with Gasteiger partial charge in [-0.2, -0.15) is 0 Å². The Labute approximate surface area is 107 Å². The van der Waals surface area contributed by atoms with Gasteiger partial charge >= 0.3 is 0 Å². The number of hydrogen-bond donors (Lipinski definition) is 1. The molecule has 1 aliphatic rings. The minimum Gasteiger partial charge on any atom is -0.381 e. The summed E-state index contributed by atoms with van der Waals surface area (Å²) in [6.45, 7) is 8.43. The Balaban J connectivity index is 2.38. The van der Waals surface area contributed by atoms with E-state index in [1.807, 2.05) is 0 Å². The minimum absolute atomic E-state index is 0.540. The standard InChI is InChI=1S/C14H30N2O/c1-4-5-12(2)14(10-15)16(3)11-13-6-8-17-9-7-13/h12-14H,4-11,15H2,1-3H3. The lowest BCUT2D eigenvalue weighted by Gasteiger charge is -2.35. The third kappa shape index (κ3) is 4.94. The lowest BCUT2D eigenvalue weighted by molar-refractivity contribution is 0.0462. The maximum Gasteiger partial charge on any atom is 0.0469 e. The second kappa shape index (κ2) is 8.06. The molecule has 0 aromatic carbocycles. The lowest BCUT2D eigenvalue weighted by atomic mass is 9.93. The fourth-order valence-corrected chi connectivity index (χ4v) is 2.97. The van der Waals surface area contributed by atoms with E-state index in [2.05, 4.69) is 25.8 Å². The van der Waals surface area contributed by atoms with Gasteiger partial charge in [-0.1, -0.05) is 20.3 Å². The van der Waals surface area contributed by atoms with Crippen LogP contribution in [0.4, 0.5) is 0 Å². The van der Waals surface area contributed by atoms with Crippen molar-refractivity contribution in [1.29, 1.82) is 0 Å². The van der Waals surface area contributed by atoms with Crippen LogP contribution in [0.25, 0.3) is 0 Å². The molecule has 1 saturated heterocycles. The largest absolute Gasteiger partial charge is 0.381 e. The molecule has 0 radical (unpaired) electrons. The van der Waals surface area contributed by atoms with Crippen LogP contribution >= 0.6 is 0 Å². The summed E-state index contributed by atoms with van der Waals surface area (Å²) in [5, 5.41) is 0. The maximum absolute atomic E-state index is 5.94. The Bertz CT molecular complexity index is 193. The van der Waals surface area contributed by atoms with E-state index in [-0.39, 0.29) is 0 Å². The maximum atomic E-state index is 5.94. The highest BCUT2D eigenvalue weighted by molar-refractivity contribution is 4.78. The predicted molar refractivity (Wildman–Crippen MR) is 73.1 cm³/mol. The van der Waals surface area contributed by atoms with Gasteiger partial charge in [0.25, 0.3) is 0 Å². The van der Waals surface area contributed by atoms with Gasteiger partial charge in [-0.25, -0.2) is 0 Å². The van der Waals surface area contributed by atoms with Crippen LogP contribution in [0.5, 0.6) is 0 Å². The Morgan fingerprint density at radius 3 is 2.53 bits per heavy atom. The number of hydrogen-bond acceptors (Lipinski definition) is 3. The highest BCUT2D eigenvalue weighted by Gasteiger charge is 2.23. The Hall–Kier alpha value is -0.120. The van der Waals surface area contributed by atoms with Crippen molar-refractivity contribution >= 4 is 0 Å². The molecule has 1 rings (SSSR count). The highest BCUT2D eigenvalue weighted by atomic mass is 16.5. The second-order valence-electron chi connectivity index (χ2n) is 5.56. The van der Waals surface area contributed by atoms with Crippen LogP contribution in [-0.4, -0.2) is 44.3 Å². The Morgan fingerprint density at radius 1 is 1.35 bits per heavy atom. The van der Waals surface area contributed by atoms with Crippen molar-refractivity contribution < 1.29 is 4.74 Å². The number of ether oxygens (including phenoxy) is 1. The molecule has 0 aromatic heterocycles. The summed E-state index contributed by atoms with van der Waals surface area (Å²) in [5.74, 6) is 1.51. The zero-order chi connectivity index (χ0) is 12.7. The van der Waals surface area contributed by atoms with Crippen molar-refractivity contribution in [3.63, 3.8) is 0 Å². The third-order valence-corrected chi connectivity index (χ3v) is 4.10. The van der Waals surface area contributed by atoms with Crippen molar-refractivity contribution in [2.24, 2.45) is 17.6 Å². The molecule has 0 bridgehead atoms. The normalized spacial score (nSPS) is 21.7. The summed E-state index contributed by atoms with van der Waals surface area (Å²) in [4.78, 5) is 2.48. The first-order chi connectivity index (χ1) is 8.19. The van der Waals surface area contributed by atoms with Crippen molar-refractivity contribution in [2.75, 3.05) is 33.4 Å². The summed E-state index contributed by atoms with van der Waals surface area (Å²) in [6.07, 6.45) is 4.95. The fourth-order valence-electron chi connectivity index (χ4n) is 2.97. The Kier molecular flexibility index (Phi) is 7.09. The van der Waals surface area contributed by atoms with Crippen LogP contribution in [0.15, 0.2) is 0 Å². The SMILES string of the molecule is CCCC(C)C(CN)N(C)CC1CCOCC1. The smallest absolute Gasteiger partial charge is 0.0469 e. The van der Waals surface area contributed by atoms with Crippen LogP contribution in [0, 0.1) is 11.8 Å². The van der Waals surface area contributed by atoms with Gasteiger partial charge in [0.05, 0.1) is 0 Å². The molecular weight excluding hydrogens is 212 g/mol. The van der Waals surface area contributed by atoms with Crippen molar-refractivity contribution in [1.82, 2.24) is 4.90 Å². The molecule has 3 nitrogen and oxygen atoms in total. The molecule has 2 unspecified atom stereocenters. The number of nitrogens with two attached hydrogens (primary N) is 1. The van der Waals surface area contributed by atoms with Gasteiger partial charge in [0, 0.05) is 32.3 Å². The van der Waals surface area contributed by atoms with E-state index < -0.39 is 0 Å². The van der Waals surface area contributed by atoms with Crippen LogP contribution in [0.3, 0.4) is 0 Å². The number of nitrogens with zero attached hydrogens (tertiary/aromatic N) is 1. The van der Waals surface area contributed by atoms with E-state index in [0.717, 1.165) is 25.7 Å². The molecule has 0 aliphatic carbocycles. The molecule has 0 amide bonds. The average molecular weight is 242 g/mol. The molecule has 0 aromatic rings. The van der Waals surface area contributed by atoms with Crippen molar-refractivity contribution in [3.8, 4) is 0 Å². The summed E-state index contributed by atoms with van der Waals surface area (Å²) >= 11 is 0. The van der Waals surface area contributed by atoms with Crippen molar-refractivity contribution in [3.05, 3.63) is 0 Å². The van der Waals surface area contributed by atoms with Gasteiger partial charge in [-0.15, -0.1) is 0 Å². The van der Waals surface area contributed by atoms with Crippen LogP contribution in [-0.2, 0) is 4.74 Å². The molecule has 1 aliphatic heterocycles. The summed E-state index contributed by atoms with van der Waals surface area (Å²) in [5.41, 5.74) is 5.94. The number of likely N-dealkylation sites (N-methyl/N-ethyl adjacent to an activating group) is 1. The summed E-state index contributed by atoms with van der Waals surface area (Å²) in [7, 11) is 2.24. The Morgan fingerprint density at radius 2 is 2.00 bits per heavy atom. The molecular formula is C14H30N2O. The van der Waals surface area contributed by atoms with Crippen LogP contribution in [0.2, 0.25) is 0 Å². The van der Waals surface area contributed by atoms with Crippen LogP contribution in [0.1, 0.15) is 39.5 Å². The van der Waals surface area contributed by atoms with Crippen molar-refractivity contribution in [2.45, 2.75) is 45.6 Å². The zero-order valence-electron chi connectivity index (χ0n) is 11.8. The summed E-state index contributed by atoms with van der Waals surface area (Å²) in [6, 6.07) is 0.540. The first kappa shape index (κ1) is 14.9. The minimum atomic E-state index is 0.540. The van der Waals surface area contributed by atoms with E-state index in [4.69, 9.17) is 10.5 Å². The number of rotatable bonds is 7. The first-order valence-corrected chi connectivity index (χ1v) is 7.17. The van der Waals surface area contributed by atoms with Crippen LogP contribution < -0.4 is 5.73 Å². The fraction of sp³-hybridized carbons (Fsp3) is 1.00. The highest BCUT2D eigenvalue weighted by Crippen LogP contribution is 2.20. The van der Waals surface area contributed by atoms with E-state index >= 15 is 0 Å². The zero-order valence-corrected chi connectivity index (χ0v) is 11.8. The molecule has 0 saturated carbocycles. The topological polar surface area (TPSA) is 38.5 Å². The molecule has 2 atom stereocenters. The van der Waals surface area contributed by atoms with Gasteiger partial charge in [0.2, 0.25) is 0 Å². The molecule has 102 valence electrons. The molecule has 2 N–H and O–H groups in total.